The van der Waals surface area contributed by atoms with Crippen LogP contribution < -0.4 is 5.32 Å². The highest BCUT2D eigenvalue weighted by Crippen LogP contribution is 2.26. The van der Waals surface area contributed by atoms with Crippen LogP contribution in [0.1, 0.15) is 52.9 Å². The van der Waals surface area contributed by atoms with Crippen LogP contribution in [0.3, 0.4) is 0 Å². The summed E-state index contributed by atoms with van der Waals surface area (Å²) in [5, 5.41) is 3.77. The van der Waals surface area contributed by atoms with E-state index in [4.69, 9.17) is 4.74 Å². The Hall–Kier alpha value is -0.0800. The molecule has 0 aliphatic carbocycles. The highest BCUT2D eigenvalue weighted by molar-refractivity contribution is 4.82. The van der Waals surface area contributed by atoms with Gasteiger partial charge in [0.05, 0.1) is 0 Å². The molecule has 16 heavy (non-hydrogen) atoms. The van der Waals surface area contributed by atoms with Crippen LogP contribution in [0.2, 0.25) is 0 Å². The molecular formula is C14H29NO. The Balaban J connectivity index is 2.46. The first-order valence-corrected chi connectivity index (χ1v) is 7.10. The SMILES string of the molecule is CCCNC(C(C)CCC)C1CCOCC1. The summed E-state index contributed by atoms with van der Waals surface area (Å²) < 4.78 is 5.47. The molecule has 2 heteroatoms. The van der Waals surface area contributed by atoms with Crippen molar-refractivity contribution in [1.29, 1.82) is 0 Å². The summed E-state index contributed by atoms with van der Waals surface area (Å²) in [5.41, 5.74) is 0. The number of hydrogen-bond acceptors (Lipinski definition) is 2. The molecule has 0 spiro atoms. The molecule has 0 aromatic heterocycles. The second-order valence-electron chi connectivity index (χ2n) is 5.20. The van der Waals surface area contributed by atoms with Crippen LogP contribution in [-0.2, 0) is 4.74 Å². The van der Waals surface area contributed by atoms with Crippen LogP contribution in [0.5, 0.6) is 0 Å². The zero-order chi connectivity index (χ0) is 11.8. The lowest BCUT2D eigenvalue weighted by Gasteiger charge is -2.35. The molecule has 1 fully saturated rings. The standard InChI is InChI=1S/C14H29NO/c1-4-6-12(3)14(15-9-5-2)13-7-10-16-11-8-13/h12-15H,4-11H2,1-3H3. The molecular weight excluding hydrogens is 198 g/mol. The lowest BCUT2D eigenvalue weighted by atomic mass is 9.82. The van der Waals surface area contributed by atoms with Gasteiger partial charge in [0.25, 0.3) is 0 Å². The molecule has 2 atom stereocenters. The van der Waals surface area contributed by atoms with E-state index < -0.39 is 0 Å². The van der Waals surface area contributed by atoms with Crippen molar-refractivity contribution in [2.45, 2.75) is 58.9 Å². The lowest BCUT2D eigenvalue weighted by molar-refractivity contribution is 0.0450. The van der Waals surface area contributed by atoms with Crippen molar-refractivity contribution in [2.24, 2.45) is 11.8 Å². The Labute approximate surface area is 101 Å². The maximum atomic E-state index is 5.47. The molecule has 0 aromatic rings. The summed E-state index contributed by atoms with van der Waals surface area (Å²) in [4.78, 5) is 0. The van der Waals surface area contributed by atoms with E-state index in [0.717, 1.165) is 31.6 Å². The normalized spacial score (nSPS) is 21.9. The van der Waals surface area contributed by atoms with Crippen molar-refractivity contribution >= 4 is 0 Å². The molecule has 0 aromatic carbocycles. The minimum Gasteiger partial charge on any atom is -0.381 e. The zero-order valence-corrected chi connectivity index (χ0v) is 11.3. The summed E-state index contributed by atoms with van der Waals surface area (Å²) in [7, 11) is 0. The molecule has 1 rings (SSSR count). The molecule has 2 unspecified atom stereocenters. The van der Waals surface area contributed by atoms with Crippen LogP contribution in [0.15, 0.2) is 0 Å². The van der Waals surface area contributed by atoms with E-state index in [0.29, 0.717) is 6.04 Å². The number of nitrogens with one attached hydrogen (secondary N) is 1. The smallest absolute Gasteiger partial charge is 0.0469 e. The Morgan fingerprint density at radius 3 is 2.44 bits per heavy atom. The van der Waals surface area contributed by atoms with Gasteiger partial charge in [0.2, 0.25) is 0 Å². The van der Waals surface area contributed by atoms with Crippen LogP contribution in [-0.4, -0.2) is 25.8 Å². The molecule has 96 valence electrons. The van der Waals surface area contributed by atoms with Crippen molar-refractivity contribution in [2.75, 3.05) is 19.8 Å². The van der Waals surface area contributed by atoms with E-state index in [9.17, 15) is 0 Å². The first-order valence-electron chi connectivity index (χ1n) is 7.10. The lowest BCUT2D eigenvalue weighted by Crippen LogP contribution is -2.43. The maximum absolute atomic E-state index is 5.47. The highest BCUT2D eigenvalue weighted by atomic mass is 16.5. The van der Waals surface area contributed by atoms with E-state index >= 15 is 0 Å². The van der Waals surface area contributed by atoms with E-state index in [1.807, 2.05) is 0 Å². The molecule has 0 radical (unpaired) electrons. The van der Waals surface area contributed by atoms with Gasteiger partial charge in [0, 0.05) is 19.3 Å². The molecule has 0 bridgehead atoms. The number of ether oxygens (including phenoxy) is 1. The largest absolute Gasteiger partial charge is 0.381 e. The first kappa shape index (κ1) is 14.0. The molecule has 1 aliphatic heterocycles. The molecule has 0 saturated carbocycles. The van der Waals surface area contributed by atoms with Gasteiger partial charge in [0.15, 0.2) is 0 Å². The fraction of sp³-hybridized carbons (Fsp3) is 1.00. The predicted octanol–water partition coefficient (Wildman–Crippen LogP) is 3.22. The van der Waals surface area contributed by atoms with Gasteiger partial charge < -0.3 is 10.1 Å². The quantitative estimate of drug-likeness (QED) is 0.721. The highest BCUT2D eigenvalue weighted by Gasteiger charge is 2.27. The first-order chi connectivity index (χ1) is 7.79. The van der Waals surface area contributed by atoms with Gasteiger partial charge in [-0.3, -0.25) is 0 Å². The zero-order valence-electron chi connectivity index (χ0n) is 11.3. The van der Waals surface area contributed by atoms with Gasteiger partial charge in [-0.05, 0) is 44.1 Å². The minimum absolute atomic E-state index is 0.712. The van der Waals surface area contributed by atoms with Gasteiger partial charge >= 0.3 is 0 Å². The Bertz CT molecular complexity index is 166. The predicted molar refractivity (Wildman–Crippen MR) is 69.7 cm³/mol. The minimum atomic E-state index is 0.712. The van der Waals surface area contributed by atoms with Gasteiger partial charge in [-0.2, -0.15) is 0 Å². The van der Waals surface area contributed by atoms with Crippen molar-refractivity contribution in [3.63, 3.8) is 0 Å². The number of hydrogen-bond donors (Lipinski definition) is 1. The molecule has 1 heterocycles. The summed E-state index contributed by atoms with van der Waals surface area (Å²) in [6.07, 6.45) is 6.37. The van der Waals surface area contributed by atoms with Gasteiger partial charge in [-0.15, -0.1) is 0 Å². The summed E-state index contributed by atoms with van der Waals surface area (Å²) in [5.74, 6) is 1.64. The summed E-state index contributed by atoms with van der Waals surface area (Å²) in [6.45, 7) is 10.0. The molecule has 2 nitrogen and oxygen atoms in total. The Morgan fingerprint density at radius 1 is 1.19 bits per heavy atom. The second kappa shape index (κ2) is 8.08. The molecule has 1 saturated heterocycles. The van der Waals surface area contributed by atoms with E-state index in [1.54, 1.807) is 0 Å². The molecule has 0 amide bonds. The maximum Gasteiger partial charge on any atom is 0.0469 e. The van der Waals surface area contributed by atoms with Gasteiger partial charge in [-0.1, -0.05) is 27.2 Å². The monoisotopic (exact) mass is 227 g/mol. The fourth-order valence-corrected chi connectivity index (χ4v) is 2.85. The second-order valence-corrected chi connectivity index (χ2v) is 5.20. The summed E-state index contributed by atoms with van der Waals surface area (Å²) in [6, 6.07) is 0.712. The van der Waals surface area contributed by atoms with Crippen molar-refractivity contribution in [1.82, 2.24) is 5.32 Å². The van der Waals surface area contributed by atoms with E-state index in [2.05, 4.69) is 26.1 Å². The Kier molecular flexibility index (Phi) is 7.06. The van der Waals surface area contributed by atoms with Crippen molar-refractivity contribution in [3.8, 4) is 0 Å². The Morgan fingerprint density at radius 2 is 1.88 bits per heavy atom. The third-order valence-corrected chi connectivity index (χ3v) is 3.76. The van der Waals surface area contributed by atoms with Crippen LogP contribution in [0, 0.1) is 11.8 Å². The van der Waals surface area contributed by atoms with Gasteiger partial charge in [0.1, 0.15) is 0 Å². The third kappa shape index (κ3) is 4.42. The van der Waals surface area contributed by atoms with Crippen LogP contribution in [0.4, 0.5) is 0 Å². The van der Waals surface area contributed by atoms with Crippen molar-refractivity contribution < 1.29 is 4.74 Å². The molecule has 1 N–H and O–H groups in total. The van der Waals surface area contributed by atoms with E-state index in [-0.39, 0.29) is 0 Å². The van der Waals surface area contributed by atoms with Gasteiger partial charge in [-0.25, -0.2) is 0 Å². The molecule has 1 aliphatic rings. The number of rotatable bonds is 7. The topological polar surface area (TPSA) is 21.3 Å². The third-order valence-electron chi connectivity index (χ3n) is 3.76. The fourth-order valence-electron chi connectivity index (χ4n) is 2.85. The van der Waals surface area contributed by atoms with Crippen LogP contribution in [0.25, 0.3) is 0 Å². The van der Waals surface area contributed by atoms with Crippen LogP contribution >= 0.6 is 0 Å². The average molecular weight is 227 g/mol. The summed E-state index contributed by atoms with van der Waals surface area (Å²) >= 11 is 0. The van der Waals surface area contributed by atoms with E-state index in [1.165, 1.54) is 32.1 Å². The van der Waals surface area contributed by atoms with Crippen molar-refractivity contribution in [3.05, 3.63) is 0 Å². The average Bonchev–Trinajstić information content (AvgIpc) is 2.31.